The zero-order valence-electron chi connectivity index (χ0n) is 16.1. The van der Waals surface area contributed by atoms with E-state index in [1.807, 2.05) is 67.6 Å². The van der Waals surface area contributed by atoms with Gasteiger partial charge in [-0.25, -0.2) is 9.67 Å². The molecule has 1 aromatic heterocycles. The van der Waals surface area contributed by atoms with Crippen LogP contribution in [0.25, 0.3) is 5.69 Å². The minimum atomic E-state index is -0.208. The quantitative estimate of drug-likeness (QED) is 0.325. The van der Waals surface area contributed by atoms with E-state index in [0.29, 0.717) is 38.4 Å². The van der Waals surface area contributed by atoms with E-state index in [1.165, 1.54) is 4.68 Å². The molecule has 1 heterocycles. The van der Waals surface area contributed by atoms with Crippen molar-refractivity contribution in [3.8, 4) is 5.69 Å². The molecule has 0 radical (unpaired) electrons. The summed E-state index contributed by atoms with van der Waals surface area (Å²) in [7, 11) is 0. The summed E-state index contributed by atoms with van der Waals surface area (Å²) in [6.45, 7) is 1.84. The molecule has 0 saturated heterocycles. The van der Waals surface area contributed by atoms with Crippen LogP contribution in [0.4, 0.5) is 11.4 Å². The van der Waals surface area contributed by atoms with E-state index in [4.69, 9.17) is 33.9 Å². The summed E-state index contributed by atoms with van der Waals surface area (Å²) in [5.41, 5.74) is 9.88. The summed E-state index contributed by atoms with van der Waals surface area (Å²) in [6, 6.07) is 22.0. The van der Waals surface area contributed by atoms with Gasteiger partial charge in [-0.15, -0.1) is 0 Å². The highest BCUT2D eigenvalue weighted by Crippen LogP contribution is 2.33. The number of hydrogen-bond donors (Lipinski definition) is 2. The van der Waals surface area contributed by atoms with E-state index in [1.54, 1.807) is 12.1 Å². The number of nitrogen functional groups attached to an aromatic ring is 1. The molecule has 0 fully saturated rings. The molecule has 3 aromatic carbocycles. The van der Waals surface area contributed by atoms with Crippen LogP contribution in [0.1, 0.15) is 16.8 Å². The first kappa shape index (κ1) is 20.0. The normalized spacial score (nSPS) is 11.6. The number of anilines is 1. The Morgan fingerprint density at radius 3 is 2.23 bits per heavy atom. The van der Waals surface area contributed by atoms with Gasteiger partial charge in [-0.1, -0.05) is 71.7 Å². The molecule has 0 aliphatic heterocycles. The van der Waals surface area contributed by atoms with Crippen molar-refractivity contribution in [2.75, 3.05) is 5.73 Å². The second-order valence-corrected chi connectivity index (χ2v) is 7.55. The third kappa shape index (κ3) is 3.77. The predicted octanol–water partition coefficient (Wildman–Crippen LogP) is 5.53. The molecule has 30 heavy (non-hydrogen) atoms. The highest BCUT2D eigenvalue weighted by atomic mass is 35.5. The van der Waals surface area contributed by atoms with Crippen LogP contribution in [-0.4, -0.2) is 15.5 Å². The summed E-state index contributed by atoms with van der Waals surface area (Å²) >= 11 is 12.2. The first-order valence-corrected chi connectivity index (χ1v) is 9.97. The van der Waals surface area contributed by atoms with Crippen molar-refractivity contribution in [1.29, 1.82) is 0 Å². The number of hydrogen-bond acceptors (Lipinski definition) is 3. The fourth-order valence-electron chi connectivity index (χ4n) is 3.21. The Labute approximate surface area is 183 Å². The standard InChI is InChI=1S/C23H18Cl2N4O/c1-14-21(23(30)29(28-14)16-10-6-3-7-11-16)22(15-8-4-2-5-9-15)27-20-13-18(25)17(24)12-19(20)26/h2-13,28H,26H2,1H3. The maximum Gasteiger partial charge on any atom is 0.280 e. The van der Waals surface area contributed by atoms with Gasteiger partial charge in [0, 0.05) is 11.3 Å². The number of halogens is 2. The maximum atomic E-state index is 13.4. The molecular weight excluding hydrogens is 419 g/mol. The van der Waals surface area contributed by atoms with E-state index in [-0.39, 0.29) is 5.56 Å². The molecular formula is C23H18Cl2N4O. The zero-order valence-corrected chi connectivity index (χ0v) is 17.6. The van der Waals surface area contributed by atoms with E-state index >= 15 is 0 Å². The average molecular weight is 437 g/mol. The number of benzene rings is 3. The molecule has 0 aliphatic carbocycles. The van der Waals surface area contributed by atoms with Gasteiger partial charge in [0.15, 0.2) is 0 Å². The van der Waals surface area contributed by atoms with Crippen LogP contribution in [0.3, 0.4) is 0 Å². The van der Waals surface area contributed by atoms with Crippen molar-refractivity contribution in [3.63, 3.8) is 0 Å². The lowest BCUT2D eigenvalue weighted by Crippen LogP contribution is -2.21. The average Bonchev–Trinajstić information content (AvgIpc) is 3.05. The largest absolute Gasteiger partial charge is 0.397 e. The molecule has 0 aliphatic rings. The smallest absolute Gasteiger partial charge is 0.280 e. The molecule has 0 unspecified atom stereocenters. The molecule has 0 atom stereocenters. The zero-order chi connectivity index (χ0) is 21.3. The number of para-hydroxylation sites is 1. The van der Waals surface area contributed by atoms with Gasteiger partial charge in [-0.3, -0.25) is 9.89 Å². The molecule has 3 N–H and O–H groups in total. The summed E-state index contributed by atoms with van der Waals surface area (Å²) in [4.78, 5) is 18.1. The Bertz CT molecular complexity index is 1290. The van der Waals surface area contributed by atoms with Crippen LogP contribution in [0.2, 0.25) is 10.0 Å². The number of aliphatic imine (C=N–C) groups is 1. The molecule has 0 bridgehead atoms. The van der Waals surface area contributed by atoms with Crippen LogP contribution < -0.4 is 11.3 Å². The molecule has 4 rings (SSSR count). The van der Waals surface area contributed by atoms with E-state index in [9.17, 15) is 4.79 Å². The van der Waals surface area contributed by atoms with Crippen molar-refractivity contribution < 1.29 is 0 Å². The predicted molar refractivity (Wildman–Crippen MR) is 124 cm³/mol. The lowest BCUT2D eigenvalue weighted by Gasteiger charge is -2.08. The Balaban J connectivity index is 1.97. The van der Waals surface area contributed by atoms with Gasteiger partial charge in [0.05, 0.1) is 38.4 Å². The molecule has 0 spiro atoms. The maximum absolute atomic E-state index is 13.4. The van der Waals surface area contributed by atoms with Gasteiger partial charge in [0.2, 0.25) is 0 Å². The van der Waals surface area contributed by atoms with Crippen LogP contribution in [0.5, 0.6) is 0 Å². The van der Waals surface area contributed by atoms with Crippen molar-refractivity contribution in [3.05, 3.63) is 110 Å². The number of rotatable bonds is 4. The third-order valence-corrected chi connectivity index (χ3v) is 5.39. The number of nitrogens with one attached hydrogen (secondary N) is 1. The molecule has 5 nitrogen and oxygen atoms in total. The second-order valence-electron chi connectivity index (χ2n) is 6.74. The number of aromatic amines is 1. The number of H-pyrrole nitrogens is 1. The van der Waals surface area contributed by atoms with Gasteiger partial charge in [0.1, 0.15) is 0 Å². The number of nitrogens with zero attached hydrogens (tertiary/aromatic N) is 2. The van der Waals surface area contributed by atoms with Gasteiger partial charge in [0.25, 0.3) is 5.56 Å². The van der Waals surface area contributed by atoms with E-state index in [2.05, 4.69) is 5.10 Å². The summed E-state index contributed by atoms with van der Waals surface area (Å²) in [5.74, 6) is 0. The minimum Gasteiger partial charge on any atom is -0.397 e. The molecule has 0 saturated carbocycles. The Hall–Kier alpha value is -3.28. The monoisotopic (exact) mass is 436 g/mol. The van der Waals surface area contributed by atoms with Crippen molar-refractivity contribution in [1.82, 2.24) is 9.78 Å². The highest BCUT2D eigenvalue weighted by molar-refractivity contribution is 6.42. The first-order valence-electron chi connectivity index (χ1n) is 9.21. The lowest BCUT2D eigenvalue weighted by atomic mass is 10.0. The summed E-state index contributed by atoms with van der Waals surface area (Å²) in [5, 5.41) is 3.83. The Kier molecular flexibility index (Phi) is 5.48. The van der Waals surface area contributed by atoms with Crippen LogP contribution in [0.15, 0.2) is 82.6 Å². The number of nitrogens with two attached hydrogens (primary N) is 1. The molecule has 7 heteroatoms. The number of aromatic nitrogens is 2. The van der Waals surface area contributed by atoms with Gasteiger partial charge >= 0.3 is 0 Å². The first-order chi connectivity index (χ1) is 14.5. The highest BCUT2D eigenvalue weighted by Gasteiger charge is 2.20. The molecule has 4 aromatic rings. The van der Waals surface area contributed by atoms with Gasteiger partial charge in [-0.2, -0.15) is 0 Å². The second kappa shape index (κ2) is 8.22. The molecule has 150 valence electrons. The Morgan fingerprint density at radius 1 is 0.967 bits per heavy atom. The van der Waals surface area contributed by atoms with Crippen molar-refractivity contribution in [2.24, 2.45) is 4.99 Å². The minimum absolute atomic E-state index is 0.208. The van der Waals surface area contributed by atoms with E-state index in [0.717, 1.165) is 11.3 Å². The number of aryl methyl sites for hydroxylation is 1. The Morgan fingerprint density at radius 2 is 1.57 bits per heavy atom. The van der Waals surface area contributed by atoms with Crippen molar-refractivity contribution in [2.45, 2.75) is 6.92 Å². The van der Waals surface area contributed by atoms with Gasteiger partial charge in [-0.05, 0) is 31.2 Å². The fourth-order valence-corrected chi connectivity index (χ4v) is 3.54. The summed E-state index contributed by atoms with van der Waals surface area (Å²) < 4.78 is 1.50. The van der Waals surface area contributed by atoms with Gasteiger partial charge < -0.3 is 5.73 Å². The van der Waals surface area contributed by atoms with E-state index < -0.39 is 0 Å². The lowest BCUT2D eigenvalue weighted by molar-refractivity contribution is 0.835. The topological polar surface area (TPSA) is 76.2 Å². The fraction of sp³-hybridized carbons (Fsp3) is 0.0435. The van der Waals surface area contributed by atoms with Crippen molar-refractivity contribution >= 4 is 40.3 Å². The van der Waals surface area contributed by atoms with Crippen LogP contribution >= 0.6 is 23.2 Å². The molecule has 0 amide bonds. The van der Waals surface area contributed by atoms with Crippen LogP contribution in [-0.2, 0) is 0 Å². The summed E-state index contributed by atoms with van der Waals surface area (Å²) in [6.07, 6.45) is 0. The SMILES string of the molecule is Cc1[nH]n(-c2ccccc2)c(=O)c1C(=Nc1cc(Cl)c(Cl)cc1N)c1ccccc1. The van der Waals surface area contributed by atoms with Crippen LogP contribution in [0, 0.1) is 6.92 Å². The third-order valence-electron chi connectivity index (χ3n) is 4.67.